The van der Waals surface area contributed by atoms with E-state index in [1.165, 1.54) is 0 Å². The van der Waals surface area contributed by atoms with Gasteiger partial charge in [-0.2, -0.15) is 0 Å². The number of aryl methyl sites for hydroxylation is 1. The van der Waals surface area contributed by atoms with Crippen LogP contribution in [0.3, 0.4) is 0 Å². The molecule has 1 aliphatic heterocycles. The first-order valence-corrected chi connectivity index (χ1v) is 5.74. The molecule has 0 unspecified atom stereocenters. The average molecular weight is 269 g/mol. The Bertz CT molecular complexity index is 388. The van der Waals surface area contributed by atoms with Gasteiger partial charge in [0.15, 0.2) is 0 Å². The SMILES string of the molecule is Cc1ccc(Br)c(NC(=O)C2CNC2)c1. The van der Waals surface area contributed by atoms with E-state index in [1.54, 1.807) is 0 Å². The van der Waals surface area contributed by atoms with Crippen LogP contribution in [0.4, 0.5) is 5.69 Å². The van der Waals surface area contributed by atoms with Crippen molar-refractivity contribution in [1.82, 2.24) is 5.32 Å². The molecule has 0 aromatic heterocycles. The second kappa shape index (κ2) is 4.33. The van der Waals surface area contributed by atoms with Gasteiger partial charge in [-0.3, -0.25) is 4.79 Å². The van der Waals surface area contributed by atoms with E-state index in [1.807, 2.05) is 25.1 Å². The molecule has 1 saturated heterocycles. The Morgan fingerprint density at radius 1 is 1.53 bits per heavy atom. The van der Waals surface area contributed by atoms with Crippen LogP contribution in [0, 0.1) is 12.8 Å². The van der Waals surface area contributed by atoms with Crippen molar-refractivity contribution in [2.45, 2.75) is 6.92 Å². The second-order valence-corrected chi connectivity index (χ2v) is 4.68. The summed E-state index contributed by atoms with van der Waals surface area (Å²) in [5.74, 6) is 0.220. The Labute approximate surface area is 97.4 Å². The van der Waals surface area contributed by atoms with Gasteiger partial charge >= 0.3 is 0 Å². The summed E-state index contributed by atoms with van der Waals surface area (Å²) in [7, 11) is 0. The third kappa shape index (κ3) is 2.38. The quantitative estimate of drug-likeness (QED) is 0.861. The summed E-state index contributed by atoms with van der Waals surface area (Å²) in [5, 5.41) is 6.01. The van der Waals surface area contributed by atoms with Gasteiger partial charge in [0.25, 0.3) is 0 Å². The van der Waals surface area contributed by atoms with Gasteiger partial charge in [0.1, 0.15) is 0 Å². The van der Waals surface area contributed by atoms with Gasteiger partial charge in [-0.05, 0) is 40.5 Å². The molecule has 0 aliphatic carbocycles. The van der Waals surface area contributed by atoms with Crippen molar-refractivity contribution < 1.29 is 4.79 Å². The molecule has 0 radical (unpaired) electrons. The van der Waals surface area contributed by atoms with Crippen LogP contribution in [0.25, 0.3) is 0 Å². The summed E-state index contributed by atoms with van der Waals surface area (Å²) in [5.41, 5.74) is 1.99. The summed E-state index contributed by atoms with van der Waals surface area (Å²) >= 11 is 3.42. The van der Waals surface area contributed by atoms with E-state index < -0.39 is 0 Å². The van der Waals surface area contributed by atoms with E-state index >= 15 is 0 Å². The number of benzene rings is 1. The van der Waals surface area contributed by atoms with Crippen molar-refractivity contribution in [1.29, 1.82) is 0 Å². The van der Waals surface area contributed by atoms with Crippen LogP contribution in [0.5, 0.6) is 0 Å². The molecule has 3 nitrogen and oxygen atoms in total. The number of hydrogen-bond donors (Lipinski definition) is 2. The van der Waals surface area contributed by atoms with Gasteiger partial charge in [-0.15, -0.1) is 0 Å². The topological polar surface area (TPSA) is 41.1 Å². The van der Waals surface area contributed by atoms with Gasteiger partial charge < -0.3 is 10.6 Å². The molecular weight excluding hydrogens is 256 g/mol. The molecule has 0 bridgehead atoms. The first-order valence-electron chi connectivity index (χ1n) is 4.94. The first kappa shape index (κ1) is 10.6. The number of carbonyl (C=O) groups is 1. The number of rotatable bonds is 2. The van der Waals surface area contributed by atoms with E-state index in [2.05, 4.69) is 26.6 Å². The number of carbonyl (C=O) groups excluding carboxylic acids is 1. The van der Waals surface area contributed by atoms with Crippen molar-refractivity contribution in [2.24, 2.45) is 5.92 Å². The summed E-state index contributed by atoms with van der Waals surface area (Å²) in [6, 6.07) is 5.92. The summed E-state index contributed by atoms with van der Waals surface area (Å²) in [6.07, 6.45) is 0. The van der Waals surface area contributed by atoms with Crippen molar-refractivity contribution in [3.05, 3.63) is 28.2 Å². The molecule has 1 aromatic rings. The second-order valence-electron chi connectivity index (χ2n) is 3.83. The number of nitrogens with one attached hydrogen (secondary N) is 2. The van der Waals surface area contributed by atoms with E-state index in [0.29, 0.717) is 0 Å². The van der Waals surface area contributed by atoms with Gasteiger partial charge in [0, 0.05) is 17.6 Å². The third-order valence-corrected chi connectivity index (χ3v) is 3.22. The lowest BCUT2D eigenvalue weighted by Crippen LogP contribution is -2.48. The van der Waals surface area contributed by atoms with Gasteiger partial charge in [0.2, 0.25) is 5.91 Å². The zero-order valence-electron chi connectivity index (χ0n) is 8.51. The molecule has 80 valence electrons. The molecule has 0 atom stereocenters. The van der Waals surface area contributed by atoms with E-state index in [-0.39, 0.29) is 11.8 Å². The largest absolute Gasteiger partial charge is 0.325 e. The third-order valence-electron chi connectivity index (χ3n) is 2.53. The molecule has 15 heavy (non-hydrogen) atoms. The average Bonchev–Trinajstić information content (AvgIpc) is 2.08. The standard InChI is InChI=1S/C11H13BrN2O/c1-7-2-3-9(12)10(4-7)14-11(15)8-5-13-6-8/h2-4,8,13H,5-6H2,1H3,(H,14,15). The van der Waals surface area contributed by atoms with Gasteiger partial charge in [-0.1, -0.05) is 6.07 Å². The fourth-order valence-electron chi connectivity index (χ4n) is 1.44. The zero-order valence-corrected chi connectivity index (χ0v) is 10.1. The lowest BCUT2D eigenvalue weighted by Gasteiger charge is -2.26. The van der Waals surface area contributed by atoms with Crippen molar-refractivity contribution in [3.8, 4) is 0 Å². The highest BCUT2D eigenvalue weighted by Gasteiger charge is 2.25. The summed E-state index contributed by atoms with van der Waals surface area (Å²) < 4.78 is 0.925. The van der Waals surface area contributed by atoms with Crippen molar-refractivity contribution in [2.75, 3.05) is 18.4 Å². The van der Waals surface area contributed by atoms with Gasteiger partial charge in [0.05, 0.1) is 11.6 Å². The van der Waals surface area contributed by atoms with Crippen LogP contribution >= 0.6 is 15.9 Å². The molecule has 0 saturated carbocycles. The highest BCUT2D eigenvalue weighted by molar-refractivity contribution is 9.10. The lowest BCUT2D eigenvalue weighted by atomic mass is 10.0. The minimum absolute atomic E-state index is 0.0973. The fraction of sp³-hybridized carbons (Fsp3) is 0.364. The number of anilines is 1. The predicted octanol–water partition coefficient (Wildman–Crippen LogP) is 1.92. The van der Waals surface area contributed by atoms with E-state index in [0.717, 1.165) is 28.8 Å². The monoisotopic (exact) mass is 268 g/mol. The molecule has 2 N–H and O–H groups in total. The maximum Gasteiger partial charge on any atom is 0.230 e. The fourth-order valence-corrected chi connectivity index (χ4v) is 1.79. The predicted molar refractivity (Wildman–Crippen MR) is 63.9 cm³/mol. The van der Waals surface area contributed by atoms with Crippen LogP contribution in [0.1, 0.15) is 5.56 Å². The van der Waals surface area contributed by atoms with Crippen LogP contribution in [-0.2, 0) is 4.79 Å². The minimum atomic E-state index is 0.0973. The molecule has 2 rings (SSSR count). The highest BCUT2D eigenvalue weighted by atomic mass is 79.9. The van der Waals surface area contributed by atoms with E-state index in [9.17, 15) is 4.79 Å². The lowest BCUT2D eigenvalue weighted by molar-refractivity contribution is -0.121. The highest BCUT2D eigenvalue weighted by Crippen LogP contribution is 2.24. The molecule has 1 heterocycles. The normalized spacial score (nSPS) is 15.9. The molecule has 1 aromatic carbocycles. The van der Waals surface area contributed by atoms with Crippen LogP contribution in [0.15, 0.2) is 22.7 Å². The van der Waals surface area contributed by atoms with Gasteiger partial charge in [-0.25, -0.2) is 0 Å². The molecule has 1 amide bonds. The molecule has 0 spiro atoms. The maximum atomic E-state index is 11.7. The smallest absolute Gasteiger partial charge is 0.230 e. The van der Waals surface area contributed by atoms with Crippen LogP contribution < -0.4 is 10.6 Å². The Hall–Kier alpha value is -0.870. The zero-order chi connectivity index (χ0) is 10.8. The molecule has 1 fully saturated rings. The Morgan fingerprint density at radius 2 is 2.27 bits per heavy atom. The minimum Gasteiger partial charge on any atom is -0.325 e. The summed E-state index contributed by atoms with van der Waals surface area (Å²) in [4.78, 5) is 11.7. The Kier molecular flexibility index (Phi) is 3.07. The Balaban J connectivity index is 2.09. The Morgan fingerprint density at radius 3 is 2.87 bits per heavy atom. The molecular formula is C11H13BrN2O. The number of halogens is 1. The van der Waals surface area contributed by atoms with Crippen molar-refractivity contribution >= 4 is 27.5 Å². The molecule has 1 aliphatic rings. The number of amides is 1. The first-order chi connectivity index (χ1) is 7.16. The van der Waals surface area contributed by atoms with Crippen LogP contribution in [0.2, 0.25) is 0 Å². The summed E-state index contributed by atoms with van der Waals surface area (Å²) in [6.45, 7) is 3.58. The van der Waals surface area contributed by atoms with E-state index in [4.69, 9.17) is 0 Å². The van der Waals surface area contributed by atoms with Crippen LogP contribution in [-0.4, -0.2) is 19.0 Å². The maximum absolute atomic E-state index is 11.7. The molecule has 4 heteroatoms. The van der Waals surface area contributed by atoms with Crippen molar-refractivity contribution in [3.63, 3.8) is 0 Å². The number of hydrogen-bond acceptors (Lipinski definition) is 2.